The van der Waals surface area contributed by atoms with E-state index >= 15 is 0 Å². The number of nitrogens with zero attached hydrogens (tertiary/aromatic N) is 3. The van der Waals surface area contributed by atoms with Crippen molar-refractivity contribution in [2.75, 3.05) is 0 Å². The van der Waals surface area contributed by atoms with Crippen LogP contribution in [0.15, 0.2) is 12.1 Å². The van der Waals surface area contributed by atoms with Crippen LogP contribution in [0.4, 0.5) is 0 Å². The summed E-state index contributed by atoms with van der Waals surface area (Å²) >= 11 is 6.28. The van der Waals surface area contributed by atoms with Crippen LogP contribution in [0.25, 0.3) is 5.65 Å². The first-order valence-corrected chi connectivity index (χ1v) is 6.71. The van der Waals surface area contributed by atoms with Gasteiger partial charge in [0.25, 0.3) is 0 Å². The minimum atomic E-state index is 0.0650. The Balaban J connectivity index is 2.52. The minimum absolute atomic E-state index is 0.0650. The van der Waals surface area contributed by atoms with Gasteiger partial charge in [0.05, 0.1) is 0 Å². The van der Waals surface area contributed by atoms with Crippen LogP contribution in [0.3, 0.4) is 0 Å². The summed E-state index contributed by atoms with van der Waals surface area (Å²) in [6, 6.07) is 4.05. The third-order valence-electron chi connectivity index (χ3n) is 2.89. The second-order valence-corrected chi connectivity index (χ2v) is 6.60. The molecule has 2 rings (SSSR count). The van der Waals surface area contributed by atoms with Gasteiger partial charge in [-0.25, -0.2) is 9.50 Å². The van der Waals surface area contributed by atoms with Crippen LogP contribution in [-0.4, -0.2) is 14.6 Å². The maximum atomic E-state index is 6.28. The SMILES string of the molecule is CC(C)Cc1nc2cc(C(C)(C)C)cc(Cl)n2n1. The fourth-order valence-corrected chi connectivity index (χ4v) is 2.12. The van der Waals surface area contributed by atoms with Gasteiger partial charge in [0.1, 0.15) is 5.15 Å². The van der Waals surface area contributed by atoms with Crippen LogP contribution < -0.4 is 0 Å². The van der Waals surface area contributed by atoms with E-state index in [1.54, 1.807) is 4.52 Å². The summed E-state index contributed by atoms with van der Waals surface area (Å²) in [6.07, 6.45) is 0.878. The molecule has 0 atom stereocenters. The van der Waals surface area contributed by atoms with Crippen LogP contribution in [0.2, 0.25) is 5.15 Å². The first kappa shape index (κ1) is 13.3. The van der Waals surface area contributed by atoms with Crippen molar-refractivity contribution in [2.24, 2.45) is 5.92 Å². The van der Waals surface area contributed by atoms with Gasteiger partial charge < -0.3 is 0 Å². The zero-order valence-corrected chi connectivity index (χ0v) is 12.4. The van der Waals surface area contributed by atoms with Gasteiger partial charge in [-0.15, -0.1) is 5.10 Å². The first-order chi connectivity index (χ1) is 8.27. The predicted octanol–water partition coefficient (Wildman–Crippen LogP) is 3.88. The largest absolute Gasteiger partial charge is 0.212 e. The lowest BCUT2D eigenvalue weighted by Crippen LogP contribution is -2.11. The Labute approximate surface area is 113 Å². The zero-order chi connectivity index (χ0) is 13.5. The Morgan fingerprint density at radius 1 is 1.28 bits per heavy atom. The third kappa shape index (κ3) is 2.66. The molecule has 0 unspecified atom stereocenters. The van der Waals surface area contributed by atoms with Crippen LogP contribution in [0.1, 0.15) is 46.0 Å². The second-order valence-electron chi connectivity index (χ2n) is 6.21. The monoisotopic (exact) mass is 265 g/mol. The number of hydrogen-bond acceptors (Lipinski definition) is 2. The third-order valence-corrected chi connectivity index (χ3v) is 3.16. The van der Waals surface area contributed by atoms with E-state index in [0.29, 0.717) is 11.1 Å². The highest BCUT2D eigenvalue weighted by atomic mass is 35.5. The topological polar surface area (TPSA) is 30.2 Å². The van der Waals surface area contributed by atoms with E-state index in [1.807, 2.05) is 6.07 Å². The summed E-state index contributed by atoms with van der Waals surface area (Å²) < 4.78 is 1.72. The molecular weight excluding hydrogens is 246 g/mol. The van der Waals surface area contributed by atoms with Crippen molar-refractivity contribution in [3.05, 3.63) is 28.7 Å². The second kappa shape index (κ2) is 4.54. The molecule has 0 bridgehead atoms. The molecule has 0 aliphatic carbocycles. The van der Waals surface area contributed by atoms with Gasteiger partial charge in [-0.05, 0) is 29.0 Å². The molecule has 0 aliphatic rings. The number of fused-ring (bicyclic) bond motifs is 1. The first-order valence-electron chi connectivity index (χ1n) is 6.33. The summed E-state index contributed by atoms with van der Waals surface area (Å²) in [5.74, 6) is 1.40. The molecule has 18 heavy (non-hydrogen) atoms. The lowest BCUT2D eigenvalue weighted by atomic mass is 9.88. The fourth-order valence-electron chi connectivity index (χ4n) is 1.87. The molecule has 0 aromatic carbocycles. The lowest BCUT2D eigenvalue weighted by molar-refractivity contribution is 0.589. The quantitative estimate of drug-likeness (QED) is 0.772. The van der Waals surface area contributed by atoms with Gasteiger partial charge in [0.15, 0.2) is 11.5 Å². The average Bonchev–Trinajstić information content (AvgIpc) is 2.58. The number of hydrogen-bond donors (Lipinski definition) is 0. The highest BCUT2D eigenvalue weighted by Gasteiger charge is 2.17. The Kier molecular flexibility index (Phi) is 3.37. The van der Waals surface area contributed by atoms with E-state index < -0.39 is 0 Å². The van der Waals surface area contributed by atoms with Gasteiger partial charge in [0.2, 0.25) is 0 Å². The molecule has 2 aromatic rings. The standard InChI is InChI=1S/C14H20ClN3/c1-9(2)6-12-16-13-8-10(14(3,4)5)7-11(15)18(13)17-12/h7-9H,6H2,1-5H3. The number of aromatic nitrogens is 3. The van der Waals surface area contributed by atoms with Crippen molar-refractivity contribution >= 4 is 17.2 Å². The van der Waals surface area contributed by atoms with Crippen LogP contribution in [0, 0.1) is 5.92 Å². The van der Waals surface area contributed by atoms with Crippen molar-refractivity contribution in [1.29, 1.82) is 0 Å². The van der Waals surface area contributed by atoms with Gasteiger partial charge in [-0.1, -0.05) is 46.2 Å². The van der Waals surface area contributed by atoms with Crippen molar-refractivity contribution in [1.82, 2.24) is 14.6 Å². The average molecular weight is 266 g/mol. The van der Waals surface area contributed by atoms with Crippen molar-refractivity contribution < 1.29 is 0 Å². The maximum Gasteiger partial charge on any atom is 0.157 e. The Bertz CT molecular complexity index is 564. The molecule has 0 aliphatic heterocycles. The summed E-state index contributed by atoms with van der Waals surface area (Å²) in [5.41, 5.74) is 2.09. The summed E-state index contributed by atoms with van der Waals surface area (Å²) in [5, 5.41) is 5.07. The molecule has 0 spiro atoms. The predicted molar refractivity (Wildman–Crippen MR) is 75.2 cm³/mol. The van der Waals surface area contributed by atoms with Crippen molar-refractivity contribution in [2.45, 2.75) is 46.5 Å². The van der Waals surface area contributed by atoms with E-state index in [4.69, 9.17) is 11.6 Å². The van der Waals surface area contributed by atoms with E-state index in [9.17, 15) is 0 Å². The highest BCUT2D eigenvalue weighted by Crippen LogP contribution is 2.26. The minimum Gasteiger partial charge on any atom is -0.212 e. The Morgan fingerprint density at radius 2 is 1.94 bits per heavy atom. The molecule has 0 radical (unpaired) electrons. The zero-order valence-electron chi connectivity index (χ0n) is 11.7. The molecule has 0 N–H and O–H groups in total. The van der Waals surface area contributed by atoms with Crippen molar-refractivity contribution in [3.8, 4) is 0 Å². The van der Waals surface area contributed by atoms with Crippen LogP contribution in [0.5, 0.6) is 0 Å². The van der Waals surface area contributed by atoms with Gasteiger partial charge in [0, 0.05) is 6.42 Å². The molecule has 4 heteroatoms. The Morgan fingerprint density at radius 3 is 2.50 bits per heavy atom. The molecule has 2 aromatic heterocycles. The molecule has 3 nitrogen and oxygen atoms in total. The number of rotatable bonds is 2. The van der Waals surface area contributed by atoms with E-state index in [2.05, 4.69) is 50.8 Å². The summed E-state index contributed by atoms with van der Waals surface area (Å²) in [7, 11) is 0. The smallest absolute Gasteiger partial charge is 0.157 e. The molecule has 0 fully saturated rings. The molecule has 0 saturated carbocycles. The molecule has 0 saturated heterocycles. The van der Waals surface area contributed by atoms with Gasteiger partial charge >= 0.3 is 0 Å². The van der Waals surface area contributed by atoms with Crippen LogP contribution >= 0.6 is 11.6 Å². The maximum absolute atomic E-state index is 6.28. The molecular formula is C14H20ClN3. The summed E-state index contributed by atoms with van der Waals surface area (Å²) in [4.78, 5) is 4.56. The molecule has 0 amide bonds. The van der Waals surface area contributed by atoms with Gasteiger partial charge in [-0.2, -0.15) is 0 Å². The Hall–Kier alpha value is -1.09. The van der Waals surface area contributed by atoms with Gasteiger partial charge in [-0.3, -0.25) is 0 Å². The summed E-state index contributed by atoms with van der Waals surface area (Å²) in [6.45, 7) is 10.8. The van der Waals surface area contributed by atoms with E-state index in [0.717, 1.165) is 17.9 Å². The fraction of sp³-hybridized carbons (Fsp3) is 0.571. The number of halogens is 1. The highest BCUT2D eigenvalue weighted by molar-refractivity contribution is 6.29. The van der Waals surface area contributed by atoms with E-state index in [-0.39, 0.29) is 5.41 Å². The molecule has 2 heterocycles. The normalized spacial score (nSPS) is 12.6. The van der Waals surface area contributed by atoms with Crippen LogP contribution in [-0.2, 0) is 11.8 Å². The molecule has 98 valence electrons. The van der Waals surface area contributed by atoms with Crippen molar-refractivity contribution in [3.63, 3.8) is 0 Å². The lowest BCUT2D eigenvalue weighted by Gasteiger charge is -2.19. The van der Waals surface area contributed by atoms with E-state index in [1.165, 1.54) is 5.56 Å². The number of pyridine rings is 1.